The zero-order valence-electron chi connectivity index (χ0n) is 14.5. The first-order chi connectivity index (χ1) is 12.9. The highest BCUT2D eigenvalue weighted by Gasteiger charge is 2.34. The molecule has 0 unspecified atom stereocenters. The molecule has 1 saturated heterocycles. The molecule has 27 heavy (non-hydrogen) atoms. The van der Waals surface area contributed by atoms with Crippen molar-refractivity contribution in [2.45, 2.75) is 6.92 Å². The summed E-state index contributed by atoms with van der Waals surface area (Å²) in [5.41, 5.74) is 3.68. The summed E-state index contributed by atoms with van der Waals surface area (Å²) in [4.78, 5) is 36.0. The molecule has 2 aromatic rings. The molecule has 0 spiro atoms. The van der Waals surface area contributed by atoms with Crippen molar-refractivity contribution in [1.82, 2.24) is 5.43 Å². The van der Waals surface area contributed by atoms with E-state index in [1.165, 1.54) is 25.1 Å². The van der Waals surface area contributed by atoms with Crippen LogP contribution in [0.1, 0.15) is 12.5 Å². The Morgan fingerprint density at radius 3 is 2.44 bits per heavy atom. The topological polar surface area (TPSA) is 84.9 Å². The lowest BCUT2D eigenvalue weighted by molar-refractivity contribution is -0.132. The molecule has 0 aliphatic carbocycles. The van der Waals surface area contributed by atoms with Gasteiger partial charge in [0.2, 0.25) is 0 Å². The standard InChI is InChI=1S/C19H15IN2O5/c1-11(23)27-16-8-3-12(10-17(16)26-2)9-15-18(24)21-22(19(15)25)14-6-4-13(20)5-7-14/h3-10H,1-2H3,(H,21,24). The highest BCUT2D eigenvalue weighted by Crippen LogP contribution is 2.30. The second-order valence-electron chi connectivity index (χ2n) is 5.62. The molecule has 0 radical (unpaired) electrons. The van der Waals surface area contributed by atoms with Crippen LogP contribution in [-0.2, 0) is 14.4 Å². The van der Waals surface area contributed by atoms with Gasteiger partial charge in [0.25, 0.3) is 11.8 Å². The second kappa shape index (κ2) is 7.78. The number of carbonyl (C=O) groups is 3. The number of esters is 1. The Morgan fingerprint density at radius 1 is 1.11 bits per heavy atom. The fraction of sp³-hybridized carbons (Fsp3) is 0.105. The van der Waals surface area contributed by atoms with Gasteiger partial charge in [0.1, 0.15) is 5.57 Å². The highest BCUT2D eigenvalue weighted by atomic mass is 127. The maximum Gasteiger partial charge on any atom is 0.308 e. The smallest absolute Gasteiger partial charge is 0.308 e. The van der Waals surface area contributed by atoms with Crippen molar-refractivity contribution in [1.29, 1.82) is 0 Å². The Morgan fingerprint density at radius 2 is 1.81 bits per heavy atom. The van der Waals surface area contributed by atoms with Gasteiger partial charge in [-0.05, 0) is 70.6 Å². The lowest BCUT2D eigenvalue weighted by atomic mass is 10.1. The Kier molecular flexibility index (Phi) is 5.45. The molecule has 1 fully saturated rings. The minimum atomic E-state index is -0.499. The molecule has 2 amide bonds. The third kappa shape index (κ3) is 4.11. The van der Waals surface area contributed by atoms with Gasteiger partial charge in [0.05, 0.1) is 12.8 Å². The van der Waals surface area contributed by atoms with Crippen molar-refractivity contribution in [3.63, 3.8) is 0 Å². The van der Waals surface area contributed by atoms with Crippen LogP contribution in [0, 0.1) is 3.57 Å². The SMILES string of the molecule is COc1cc(C=C2C(=O)NN(c3ccc(I)cc3)C2=O)ccc1OC(C)=O. The molecule has 8 heteroatoms. The first kappa shape index (κ1) is 18.9. The van der Waals surface area contributed by atoms with Gasteiger partial charge in [-0.15, -0.1) is 0 Å². The molecule has 0 atom stereocenters. The van der Waals surface area contributed by atoms with E-state index >= 15 is 0 Å². The molecule has 0 bridgehead atoms. The average Bonchev–Trinajstić information content (AvgIpc) is 2.91. The summed E-state index contributed by atoms with van der Waals surface area (Å²) in [5, 5.41) is 1.20. The lowest BCUT2D eigenvalue weighted by Crippen LogP contribution is -2.35. The zero-order valence-corrected chi connectivity index (χ0v) is 16.6. The summed E-state index contributed by atoms with van der Waals surface area (Å²) in [7, 11) is 1.44. The number of anilines is 1. The summed E-state index contributed by atoms with van der Waals surface area (Å²) in [6.07, 6.45) is 1.46. The summed E-state index contributed by atoms with van der Waals surface area (Å²) < 4.78 is 11.3. The lowest BCUT2D eigenvalue weighted by Gasteiger charge is -2.14. The molecular weight excluding hydrogens is 463 g/mol. The summed E-state index contributed by atoms with van der Waals surface area (Å²) in [6, 6.07) is 11.9. The first-order valence-electron chi connectivity index (χ1n) is 7.88. The maximum absolute atomic E-state index is 12.6. The third-order valence-electron chi connectivity index (χ3n) is 3.73. The predicted molar refractivity (Wildman–Crippen MR) is 107 cm³/mol. The number of methoxy groups -OCH3 is 1. The average molecular weight is 478 g/mol. The Bertz CT molecular complexity index is 953. The number of benzene rings is 2. The highest BCUT2D eigenvalue weighted by molar-refractivity contribution is 14.1. The summed E-state index contributed by atoms with van der Waals surface area (Å²) in [5.74, 6) is -0.849. The molecule has 1 heterocycles. The van der Waals surface area contributed by atoms with E-state index in [9.17, 15) is 14.4 Å². The van der Waals surface area contributed by atoms with Gasteiger partial charge in [-0.1, -0.05) is 6.07 Å². The molecule has 1 aliphatic rings. The number of rotatable bonds is 4. The molecule has 0 saturated carbocycles. The van der Waals surface area contributed by atoms with Gasteiger partial charge < -0.3 is 9.47 Å². The van der Waals surface area contributed by atoms with Crippen molar-refractivity contribution in [2.75, 3.05) is 12.1 Å². The van der Waals surface area contributed by atoms with E-state index < -0.39 is 17.8 Å². The monoisotopic (exact) mass is 478 g/mol. The molecule has 3 rings (SSSR count). The summed E-state index contributed by atoms with van der Waals surface area (Å²) in [6.45, 7) is 1.29. The van der Waals surface area contributed by atoms with Crippen LogP contribution in [0.25, 0.3) is 6.08 Å². The third-order valence-corrected chi connectivity index (χ3v) is 4.45. The van der Waals surface area contributed by atoms with E-state index in [2.05, 4.69) is 28.0 Å². The van der Waals surface area contributed by atoms with Gasteiger partial charge in [0.15, 0.2) is 11.5 Å². The van der Waals surface area contributed by atoms with Gasteiger partial charge in [-0.2, -0.15) is 0 Å². The Labute approximate surface area is 169 Å². The molecule has 1 N–H and O–H groups in total. The number of amides is 2. The van der Waals surface area contributed by atoms with Crippen molar-refractivity contribution in [3.05, 3.63) is 57.2 Å². The number of ether oxygens (including phenoxy) is 2. The van der Waals surface area contributed by atoms with E-state index in [1.807, 2.05) is 12.1 Å². The minimum absolute atomic E-state index is 0.00385. The molecule has 7 nitrogen and oxygen atoms in total. The van der Waals surface area contributed by atoms with Crippen molar-refractivity contribution >= 4 is 52.1 Å². The van der Waals surface area contributed by atoms with E-state index in [1.54, 1.807) is 30.3 Å². The number of nitrogens with one attached hydrogen (secondary N) is 1. The Hall–Kier alpha value is -2.88. The van der Waals surface area contributed by atoms with Gasteiger partial charge in [-0.25, -0.2) is 5.01 Å². The van der Waals surface area contributed by atoms with Crippen LogP contribution in [0.5, 0.6) is 11.5 Å². The van der Waals surface area contributed by atoms with Crippen LogP contribution in [0.3, 0.4) is 0 Å². The number of hydrazine groups is 1. The molecular formula is C19H15IN2O5. The number of carbonyl (C=O) groups excluding carboxylic acids is 3. The first-order valence-corrected chi connectivity index (χ1v) is 8.96. The van der Waals surface area contributed by atoms with Crippen LogP contribution in [0.2, 0.25) is 0 Å². The Balaban J connectivity index is 1.90. The van der Waals surface area contributed by atoms with Crippen LogP contribution < -0.4 is 19.9 Å². The van der Waals surface area contributed by atoms with Crippen molar-refractivity contribution in [2.24, 2.45) is 0 Å². The van der Waals surface area contributed by atoms with Crippen molar-refractivity contribution < 1.29 is 23.9 Å². The number of nitrogens with zero attached hydrogens (tertiary/aromatic N) is 1. The van der Waals surface area contributed by atoms with Gasteiger partial charge >= 0.3 is 5.97 Å². The fourth-order valence-corrected chi connectivity index (χ4v) is 2.87. The van der Waals surface area contributed by atoms with Crippen LogP contribution in [0.15, 0.2) is 48.0 Å². The van der Waals surface area contributed by atoms with E-state index in [0.29, 0.717) is 17.0 Å². The molecule has 2 aromatic carbocycles. The maximum atomic E-state index is 12.6. The van der Waals surface area contributed by atoms with Crippen LogP contribution >= 0.6 is 22.6 Å². The van der Waals surface area contributed by atoms with Gasteiger partial charge in [0, 0.05) is 10.5 Å². The molecule has 138 valence electrons. The minimum Gasteiger partial charge on any atom is -0.493 e. The largest absolute Gasteiger partial charge is 0.493 e. The van der Waals surface area contributed by atoms with Crippen LogP contribution in [-0.4, -0.2) is 24.9 Å². The quantitative estimate of drug-likeness (QED) is 0.240. The van der Waals surface area contributed by atoms with E-state index in [0.717, 1.165) is 3.57 Å². The summed E-state index contributed by atoms with van der Waals surface area (Å²) >= 11 is 2.16. The van der Waals surface area contributed by atoms with Crippen LogP contribution in [0.4, 0.5) is 5.69 Å². The normalized spacial score (nSPS) is 15.1. The number of halogens is 1. The second-order valence-corrected chi connectivity index (χ2v) is 6.87. The van der Waals surface area contributed by atoms with Crippen molar-refractivity contribution in [3.8, 4) is 11.5 Å². The zero-order chi connectivity index (χ0) is 19.6. The predicted octanol–water partition coefficient (Wildman–Crippen LogP) is 2.69. The number of hydrogen-bond donors (Lipinski definition) is 1. The van der Waals surface area contributed by atoms with E-state index in [-0.39, 0.29) is 11.3 Å². The fourth-order valence-electron chi connectivity index (χ4n) is 2.51. The van der Waals surface area contributed by atoms with Gasteiger partial charge in [-0.3, -0.25) is 19.8 Å². The molecule has 0 aromatic heterocycles. The molecule has 1 aliphatic heterocycles. The number of hydrogen-bond acceptors (Lipinski definition) is 5. The van der Waals surface area contributed by atoms with E-state index in [4.69, 9.17) is 9.47 Å².